The van der Waals surface area contributed by atoms with Crippen molar-refractivity contribution < 1.29 is 0 Å². The van der Waals surface area contributed by atoms with Crippen molar-refractivity contribution in [3.63, 3.8) is 0 Å². The molecule has 0 aliphatic rings. The van der Waals surface area contributed by atoms with Gasteiger partial charge in [0.25, 0.3) is 0 Å². The molecule has 0 aromatic carbocycles. The van der Waals surface area contributed by atoms with Gasteiger partial charge in [-0.2, -0.15) is 0 Å². The van der Waals surface area contributed by atoms with Crippen LogP contribution in [0.1, 0.15) is 41.0 Å². The topological polar surface area (TPSA) is 3.24 Å². The zero-order chi connectivity index (χ0) is 9.99. The van der Waals surface area contributed by atoms with E-state index < -0.39 is 0 Å². The SMILES string of the molecule is CN(C)CCC(C)(C)C(C)(C)C. The molecule has 0 N–H and O–H groups in total. The fourth-order valence-electron chi connectivity index (χ4n) is 0.878. The summed E-state index contributed by atoms with van der Waals surface area (Å²) < 4.78 is 0. The molecule has 0 fully saturated rings. The maximum atomic E-state index is 2.36. The highest BCUT2D eigenvalue weighted by Crippen LogP contribution is 2.40. The van der Waals surface area contributed by atoms with E-state index >= 15 is 0 Å². The molecule has 0 amide bonds. The first-order chi connectivity index (χ1) is 5.17. The van der Waals surface area contributed by atoms with Gasteiger partial charge < -0.3 is 4.90 Å². The summed E-state index contributed by atoms with van der Waals surface area (Å²) in [5.74, 6) is 0. The van der Waals surface area contributed by atoms with Gasteiger partial charge in [-0.1, -0.05) is 34.6 Å². The van der Waals surface area contributed by atoms with Crippen LogP contribution in [0.3, 0.4) is 0 Å². The summed E-state index contributed by atoms with van der Waals surface area (Å²) in [4.78, 5) is 2.26. The van der Waals surface area contributed by atoms with Crippen molar-refractivity contribution in [3.8, 4) is 0 Å². The lowest BCUT2D eigenvalue weighted by molar-refractivity contribution is 0.108. The van der Waals surface area contributed by atoms with Crippen LogP contribution in [0.25, 0.3) is 0 Å². The Kier molecular flexibility index (Phi) is 3.77. The molecular formula is C11H25N. The van der Waals surface area contributed by atoms with Crippen LogP contribution in [0.4, 0.5) is 0 Å². The van der Waals surface area contributed by atoms with E-state index in [2.05, 4.69) is 53.6 Å². The van der Waals surface area contributed by atoms with Crippen LogP contribution in [0.2, 0.25) is 0 Å². The number of rotatable bonds is 3. The highest BCUT2D eigenvalue weighted by Gasteiger charge is 2.31. The van der Waals surface area contributed by atoms with Crippen LogP contribution < -0.4 is 0 Å². The Morgan fingerprint density at radius 1 is 0.917 bits per heavy atom. The zero-order valence-corrected chi connectivity index (χ0v) is 9.86. The molecule has 0 aliphatic heterocycles. The Morgan fingerprint density at radius 2 is 1.33 bits per heavy atom. The first-order valence-electron chi connectivity index (χ1n) is 4.81. The fraction of sp³-hybridized carbons (Fsp3) is 1.00. The molecule has 0 rings (SSSR count). The Labute approximate surface area is 78.1 Å². The van der Waals surface area contributed by atoms with Gasteiger partial charge >= 0.3 is 0 Å². The molecule has 0 saturated heterocycles. The average molecular weight is 171 g/mol. The van der Waals surface area contributed by atoms with Crippen LogP contribution in [0, 0.1) is 10.8 Å². The number of hydrogen-bond donors (Lipinski definition) is 0. The van der Waals surface area contributed by atoms with Crippen molar-refractivity contribution in [2.24, 2.45) is 10.8 Å². The third kappa shape index (κ3) is 3.57. The maximum absolute atomic E-state index is 2.36. The molecule has 0 heterocycles. The van der Waals surface area contributed by atoms with Crippen molar-refractivity contribution in [1.82, 2.24) is 4.90 Å². The molecule has 1 nitrogen and oxygen atoms in total. The van der Waals surface area contributed by atoms with Gasteiger partial charge in [0.1, 0.15) is 0 Å². The van der Waals surface area contributed by atoms with Crippen molar-refractivity contribution in [3.05, 3.63) is 0 Å². The molecule has 12 heavy (non-hydrogen) atoms. The highest BCUT2D eigenvalue weighted by atomic mass is 15.0. The van der Waals surface area contributed by atoms with Crippen molar-refractivity contribution in [2.75, 3.05) is 20.6 Å². The summed E-state index contributed by atoms with van der Waals surface area (Å²) in [7, 11) is 4.28. The van der Waals surface area contributed by atoms with Gasteiger partial charge in [0.2, 0.25) is 0 Å². The Balaban J connectivity index is 4.05. The third-order valence-corrected chi connectivity index (χ3v) is 3.21. The molecule has 0 unspecified atom stereocenters. The van der Waals surface area contributed by atoms with Gasteiger partial charge in [-0.05, 0) is 37.9 Å². The Hall–Kier alpha value is -0.0400. The Bertz CT molecular complexity index is 128. The molecule has 1 heteroatoms. The molecule has 74 valence electrons. The second kappa shape index (κ2) is 3.78. The normalized spacial score (nSPS) is 14.0. The van der Waals surface area contributed by atoms with Gasteiger partial charge in [-0.25, -0.2) is 0 Å². The lowest BCUT2D eigenvalue weighted by Gasteiger charge is -2.39. The third-order valence-electron chi connectivity index (χ3n) is 3.21. The molecule has 0 bridgehead atoms. The zero-order valence-electron chi connectivity index (χ0n) is 9.86. The Morgan fingerprint density at radius 3 is 1.58 bits per heavy atom. The minimum absolute atomic E-state index is 0.406. The van der Waals surface area contributed by atoms with Crippen LogP contribution in [0.15, 0.2) is 0 Å². The molecule has 0 aromatic rings. The molecule has 0 atom stereocenters. The minimum atomic E-state index is 0.406. The summed E-state index contributed by atoms with van der Waals surface area (Å²) in [6, 6.07) is 0. The molecular weight excluding hydrogens is 146 g/mol. The van der Waals surface area contributed by atoms with E-state index in [1.165, 1.54) is 13.0 Å². The second-order valence-electron chi connectivity index (χ2n) is 5.69. The molecule has 0 spiro atoms. The smallest absolute Gasteiger partial charge is 0.00195 e. The summed E-state index contributed by atoms with van der Waals surface area (Å²) in [6.07, 6.45) is 1.27. The predicted molar refractivity (Wildman–Crippen MR) is 56.4 cm³/mol. The van der Waals surface area contributed by atoms with Gasteiger partial charge in [-0.15, -0.1) is 0 Å². The van der Waals surface area contributed by atoms with Crippen molar-refractivity contribution in [1.29, 1.82) is 0 Å². The lowest BCUT2D eigenvalue weighted by atomic mass is 9.67. The molecule has 0 aromatic heterocycles. The first kappa shape index (κ1) is 12.0. The van der Waals surface area contributed by atoms with E-state index in [1.54, 1.807) is 0 Å². The summed E-state index contributed by atoms with van der Waals surface area (Å²) >= 11 is 0. The fourth-order valence-corrected chi connectivity index (χ4v) is 0.878. The van der Waals surface area contributed by atoms with Crippen LogP contribution in [-0.2, 0) is 0 Å². The van der Waals surface area contributed by atoms with Crippen molar-refractivity contribution >= 4 is 0 Å². The predicted octanol–water partition coefficient (Wildman–Crippen LogP) is 3.01. The highest BCUT2D eigenvalue weighted by molar-refractivity contribution is 4.82. The van der Waals surface area contributed by atoms with Crippen LogP contribution >= 0.6 is 0 Å². The number of hydrogen-bond acceptors (Lipinski definition) is 1. The standard InChI is InChI=1S/C11H25N/c1-10(2,3)11(4,5)8-9-12(6)7/h8-9H2,1-7H3. The first-order valence-corrected chi connectivity index (χ1v) is 4.81. The van der Waals surface area contributed by atoms with E-state index in [-0.39, 0.29) is 0 Å². The average Bonchev–Trinajstić information content (AvgIpc) is 1.81. The molecule has 0 saturated carbocycles. The molecule has 0 radical (unpaired) electrons. The monoisotopic (exact) mass is 171 g/mol. The van der Waals surface area contributed by atoms with E-state index in [1.807, 2.05) is 0 Å². The summed E-state index contributed by atoms with van der Waals surface area (Å²) in [5.41, 5.74) is 0.834. The van der Waals surface area contributed by atoms with E-state index in [4.69, 9.17) is 0 Å². The lowest BCUT2D eigenvalue weighted by Crippen LogP contribution is -2.32. The van der Waals surface area contributed by atoms with Gasteiger partial charge in [0.15, 0.2) is 0 Å². The van der Waals surface area contributed by atoms with Crippen LogP contribution in [0.5, 0.6) is 0 Å². The maximum Gasteiger partial charge on any atom is -0.00195 e. The van der Waals surface area contributed by atoms with Gasteiger partial charge in [-0.3, -0.25) is 0 Å². The second-order valence-corrected chi connectivity index (χ2v) is 5.69. The molecule has 0 aliphatic carbocycles. The van der Waals surface area contributed by atoms with E-state index in [0.29, 0.717) is 10.8 Å². The van der Waals surface area contributed by atoms with E-state index in [9.17, 15) is 0 Å². The quantitative estimate of drug-likeness (QED) is 0.631. The van der Waals surface area contributed by atoms with Gasteiger partial charge in [0, 0.05) is 0 Å². The van der Waals surface area contributed by atoms with E-state index in [0.717, 1.165) is 0 Å². The van der Waals surface area contributed by atoms with Crippen molar-refractivity contribution in [2.45, 2.75) is 41.0 Å². The minimum Gasteiger partial charge on any atom is -0.309 e. The summed E-state index contributed by atoms with van der Waals surface area (Å²) in [5, 5.41) is 0. The summed E-state index contributed by atoms with van der Waals surface area (Å²) in [6.45, 7) is 12.9. The largest absolute Gasteiger partial charge is 0.309 e. The van der Waals surface area contributed by atoms with Crippen LogP contribution in [-0.4, -0.2) is 25.5 Å². The van der Waals surface area contributed by atoms with Gasteiger partial charge in [0.05, 0.1) is 0 Å². The number of nitrogens with zero attached hydrogens (tertiary/aromatic N) is 1.